The third-order valence-corrected chi connectivity index (χ3v) is 3.23. The van der Waals surface area contributed by atoms with E-state index in [0.717, 1.165) is 11.4 Å². The molecule has 4 heteroatoms. The molecule has 0 atom stereocenters. The summed E-state index contributed by atoms with van der Waals surface area (Å²) in [4.78, 5) is 16.8. The fourth-order valence-corrected chi connectivity index (χ4v) is 2.14. The number of para-hydroxylation sites is 1. The number of hydrogen-bond acceptors (Lipinski definition) is 3. The van der Waals surface area contributed by atoms with Crippen LogP contribution in [0.1, 0.15) is 16.2 Å². The molecule has 0 bridgehead atoms. The molecule has 21 heavy (non-hydrogen) atoms. The van der Waals surface area contributed by atoms with E-state index < -0.39 is 0 Å². The molecular weight excluding hydrogens is 264 g/mol. The molecule has 0 saturated heterocycles. The van der Waals surface area contributed by atoms with Crippen molar-refractivity contribution >= 4 is 5.78 Å². The molecule has 0 amide bonds. The molecule has 104 valence electrons. The topological polar surface area (TPSA) is 44.1 Å². The van der Waals surface area contributed by atoms with Gasteiger partial charge < -0.3 is 4.74 Å². The molecule has 0 radical (unpaired) electrons. The Bertz CT molecular complexity index is 746. The lowest BCUT2D eigenvalue weighted by Crippen LogP contribution is -2.10. The lowest BCUT2D eigenvalue weighted by atomic mass is 10.1. The average molecular weight is 278 g/mol. The Morgan fingerprint density at radius 2 is 1.76 bits per heavy atom. The number of rotatable bonds is 4. The Labute approximate surface area is 122 Å². The molecule has 0 saturated carbocycles. The summed E-state index contributed by atoms with van der Waals surface area (Å²) in [5.74, 6) is 0.996. The second-order valence-corrected chi connectivity index (χ2v) is 4.51. The second kappa shape index (κ2) is 5.63. The number of imidazole rings is 1. The molecule has 4 nitrogen and oxygen atoms in total. The van der Waals surface area contributed by atoms with E-state index >= 15 is 0 Å². The van der Waals surface area contributed by atoms with Crippen LogP contribution in [0.4, 0.5) is 0 Å². The molecule has 3 rings (SSSR count). The van der Waals surface area contributed by atoms with Crippen molar-refractivity contribution in [2.45, 2.75) is 0 Å². The minimum atomic E-state index is -0.119. The van der Waals surface area contributed by atoms with Gasteiger partial charge in [0.2, 0.25) is 5.78 Å². The largest absolute Gasteiger partial charge is 0.497 e. The van der Waals surface area contributed by atoms with Crippen LogP contribution < -0.4 is 4.74 Å². The smallest absolute Gasteiger partial charge is 0.228 e. The maximum absolute atomic E-state index is 12.6. The first-order chi connectivity index (χ1) is 10.3. The van der Waals surface area contributed by atoms with Gasteiger partial charge in [-0.05, 0) is 36.4 Å². The molecule has 0 aliphatic carbocycles. The van der Waals surface area contributed by atoms with E-state index in [2.05, 4.69) is 4.98 Å². The highest BCUT2D eigenvalue weighted by molar-refractivity contribution is 6.07. The van der Waals surface area contributed by atoms with Gasteiger partial charge in [-0.1, -0.05) is 18.2 Å². The van der Waals surface area contributed by atoms with Gasteiger partial charge in [-0.2, -0.15) is 0 Å². The highest BCUT2D eigenvalue weighted by Gasteiger charge is 2.16. The maximum atomic E-state index is 12.6. The van der Waals surface area contributed by atoms with Crippen molar-refractivity contribution in [2.75, 3.05) is 7.11 Å². The van der Waals surface area contributed by atoms with Crippen LogP contribution in [0.5, 0.6) is 5.75 Å². The highest BCUT2D eigenvalue weighted by atomic mass is 16.5. The molecule has 1 aromatic heterocycles. The summed E-state index contributed by atoms with van der Waals surface area (Å²) in [5.41, 5.74) is 1.49. The zero-order valence-corrected chi connectivity index (χ0v) is 11.6. The van der Waals surface area contributed by atoms with Crippen LogP contribution in [0, 0.1) is 0 Å². The maximum Gasteiger partial charge on any atom is 0.228 e. The quantitative estimate of drug-likeness (QED) is 0.689. The van der Waals surface area contributed by atoms with E-state index in [-0.39, 0.29) is 5.78 Å². The fraction of sp³-hybridized carbons (Fsp3) is 0.0588. The summed E-state index contributed by atoms with van der Waals surface area (Å²) in [6, 6.07) is 16.7. The minimum absolute atomic E-state index is 0.119. The molecule has 3 aromatic rings. The minimum Gasteiger partial charge on any atom is -0.497 e. The van der Waals surface area contributed by atoms with Crippen molar-refractivity contribution in [2.24, 2.45) is 0 Å². The molecule has 2 aromatic carbocycles. The van der Waals surface area contributed by atoms with E-state index in [1.807, 2.05) is 30.3 Å². The zero-order chi connectivity index (χ0) is 14.7. The first-order valence-corrected chi connectivity index (χ1v) is 6.57. The van der Waals surface area contributed by atoms with Gasteiger partial charge in [-0.3, -0.25) is 9.36 Å². The summed E-state index contributed by atoms with van der Waals surface area (Å²) in [5, 5.41) is 0. The van der Waals surface area contributed by atoms with Gasteiger partial charge >= 0.3 is 0 Å². The van der Waals surface area contributed by atoms with Crippen molar-refractivity contribution in [3.05, 3.63) is 78.4 Å². The van der Waals surface area contributed by atoms with Gasteiger partial charge in [0.15, 0.2) is 5.82 Å². The number of nitrogens with zero attached hydrogens (tertiary/aromatic N) is 2. The first kappa shape index (κ1) is 13.1. The van der Waals surface area contributed by atoms with Crippen molar-refractivity contribution in [1.29, 1.82) is 0 Å². The fourth-order valence-electron chi connectivity index (χ4n) is 2.14. The van der Waals surface area contributed by atoms with E-state index in [1.54, 1.807) is 48.3 Å². The molecule has 0 aliphatic heterocycles. The standard InChI is InChI=1S/C17H14N2O2/c1-21-15-9-7-13(8-10-15)16(20)17-18-11-12-19(17)14-5-3-2-4-6-14/h2-12H,1H3. The van der Waals surface area contributed by atoms with E-state index in [4.69, 9.17) is 4.74 Å². The third kappa shape index (κ3) is 2.56. The number of methoxy groups -OCH3 is 1. The molecule has 0 N–H and O–H groups in total. The average Bonchev–Trinajstić information content (AvgIpc) is 3.04. The van der Waals surface area contributed by atoms with Crippen molar-refractivity contribution < 1.29 is 9.53 Å². The van der Waals surface area contributed by atoms with Crippen LogP contribution >= 0.6 is 0 Å². The number of carbonyl (C=O) groups excluding carboxylic acids is 1. The Morgan fingerprint density at radius 3 is 2.43 bits per heavy atom. The summed E-state index contributed by atoms with van der Waals surface area (Å²) in [6.07, 6.45) is 3.41. The van der Waals surface area contributed by atoms with E-state index in [1.165, 1.54) is 0 Å². The summed E-state index contributed by atoms with van der Waals surface area (Å²) in [7, 11) is 1.60. The number of carbonyl (C=O) groups is 1. The van der Waals surface area contributed by atoms with Gasteiger partial charge in [-0.15, -0.1) is 0 Å². The normalized spacial score (nSPS) is 10.3. The van der Waals surface area contributed by atoms with Gasteiger partial charge in [0, 0.05) is 23.6 Å². The predicted molar refractivity (Wildman–Crippen MR) is 80.0 cm³/mol. The number of ketones is 1. The molecule has 0 aliphatic rings. The highest BCUT2D eigenvalue weighted by Crippen LogP contribution is 2.16. The van der Waals surface area contributed by atoms with Gasteiger partial charge in [0.05, 0.1) is 7.11 Å². The van der Waals surface area contributed by atoms with Gasteiger partial charge in [0.1, 0.15) is 5.75 Å². The van der Waals surface area contributed by atoms with Crippen LogP contribution in [-0.4, -0.2) is 22.4 Å². The number of hydrogen-bond donors (Lipinski definition) is 0. The predicted octanol–water partition coefficient (Wildman–Crippen LogP) is 3.11. The van der Waals surface area contributed by atoms with Crippen molar-refractivity contribution in [3.8, 4) is 11.4 Å². The van der Waals surface area contributed by atoms with Crippen LogP contribution in [-0.2, 0) is 0 Å². The van der Waals surface area contributed by atoms with Crippen molar-refractivity contribution in [3.63, 3.8) is 0 Å². The van der Waals surface area contributed by atoms with E-state index in [9.17, 15) is 4.79 Å². The third-order valence-electron chi connectivity index (χ3n) is 3.23. The lowest BCUT2D eigenvalue weighted by molar-refractivity contribution is 0.102. The summed E-state index contributed by atoms with van der Waals surface area (Å²) >= 11 is 0. The van der Waals surface area contributed by atoms with Crippen LogP contribution in [0.25, 0.3) is 5.69 Å². The summed E-state index contributed by atoms with van der Waals surface area (Å²) in [6.45, 7) is 0. The number of benzene rings is 2. The molecule has 1 heterocycles. The molecule has 0 fully saturated rings. The Balaban J connectivity index is 1.97. The van der Waals surface area contributed by atoms with Gasteiger partial charge in [-0.25, -0.2) is 4.98 Å². The van der Waals surface area contributed by atoms with Gasteiger partial charge in [0.25, 0.3) is 0 Å². The SMILES string of the molecule is COc1ccc(C(=O)c2nccn2-c2ccccc2)cc1. The summed E-state index contributed by atoms with van der Waals surface area (Å²) < 4.78 is 6.88. The van der Waals surface area contributed by atoms with Crippen molar-refractivity contribution in [1.82, 2.24) is 9.55 Å². The molecular formula is C17H14N2O2. The Hall–Kier alpha value is -2.88. The molecule has 0 spiro atoms. The van der Waals surface area contributed by atoms with Crippen LogP contribution in [0.3, 0.4) is 0 Å². The first-order valence-electron chi connectivity index (χ1n) is 6.57. The second-order valence-electron chi connectivity index (χ2n) is 4.51. The molecule has 0 unspecified atom stereocenters. The zero-order valence-electron chi connectivity index (χ0n) is 11.6. The Kier molecular flexibility index (Phi) is 3.51. The Morgan fingerprint density at radius 1 is 1.05 bits per heavy atom. The van der Waals surface area contributed by atoms with Crippen LogP contribution in [0.2, 0.25) is 0 Å². The monoisotopic (exact) mass is 278 g/mol. The lowest BCUT2D eigenvalue weighted by Gasteiger charge is -2.07. The van der Waals surface area contributed by atoms with E-state index in [0.29, 0.717) is 11.4 Å². The van der Waals surface area contributed by atoms with Crippen LogP contribution in [0.15, 0.2) is 67.0 Å². The number of aromatic nitrogens is 2. The number of ether oxygens (including phenoxy) is 1.